The molecule has 3 rings (SSSR count). The molecule has 1 aromatic heterocycles. The summed E-state index contributed by atoms with van der Waals surface area (Å²) >= 11 is 0. The van der Waals surface area contributed by atoms with Gasteiger partial charge in [-0.15, -0.1) is 0 Å². The number of carbonyl (C=O) groups excluding carboxylic acids is 2. The van der Waals surface area contributed by atoms with Gasteiger partial charge in [0.15, 0.2) is 6.61 Å². The summed E-state index contributed by atoms with van der Waals surface area (Å²) in [4.78, 5) is 37.6. The van der Waals surface area contributed by atoms with Gasteiger partial charge in [-0.05, 0) is 38.8 Å². The van der Waals surface area contributed by atoms with Gasteiger partial charge in [0.2, 0.25) is 5.91 Å². The standard InChI is InChI=1S/C23H30N4O3/c1-16-20(13-21(28)26(3)4)17(2)25-23(24-16)18-9-8-12-27(14-18)22(29)15-30-19-10-6-5-7-11-19/h5-7,10-11,18H,8-9,12-15H2,1-4H3/t18-/m0/s1. The molecule has 30 heavy (non-hydrogen) atoms. The Balaban J connectivity index is 1.66. The highest BCUT2D eigenvalue weighted by molar-refractivity contribution is 5.79. The van der Waals surface area contributed by atoms with Gasteiger partial charge in [-0.2, -0.15) is 0 Å². The zero-order valence-electron chi connectivity index (χ0n) is 18.2. The Morgan fingerprint density at radius 3 is 2.43 bits per heavy atom. The number of carbonyl (C=O) groups is 2. The average molecular weight is 411 g/mol. The second kappa shape index (κ2) is 9.69. The minimum Gasteiger partial charge on any atom is -0.484 e. The summed E-state index contributed by atoms with van der Waals surface area (Å²) in [6.45, 7) is 5.19. The van der Waals surface area contributed by atoms with Crippen LogP contribution in [0.3, 0.4) is 0 Å². The molecule has 7 heteroatoms. The first kappa shape index (κ1) is 21.7. The molecule has 1 aromatic carbocycles. The van der Waals surface area contributed by atoms with Crippen LogP contribution in [0.1, 0.15) is 41.5 Å². The maximum Gasteiger partial charge on any atom is 0.260 e. The van der Waals surface area contributed by atoms with Gasteiger partial charge < -0.3 is 14.5 Å². The highest BCUT2D eigenvalue weighted by Crippen LogP contribution is 2.26. The summed E-state index contributed by atoms with van der Waals surface area (Å²) in [7, 11) is 3.49. The van der Waals surface area contributed by atoms with E-state index in [0.29, 0.717) is 18.7 Å². The molecular formula is C23H30N4O3. The molecule has 0 aliphatic carbocycles. The maximum atomic E-state index is 12.6. The topological polar surface area (TPSA) is 75.6 Å². The summed E-state index contributed by atoms with van der Waals surface area (Å²) in [5.41, 5.74) is 2.56. The smallest absolute Gasteiger partial charge is 0.260 e. The van der Waals surface area contributed by atoms with Crippen LogP contribution < -0.4 is 4.74 Å². The third-order valence-corrected chi connectivity index (χ3v) is 5.51. The van der Waals surface area contributed by atoms with E-state index in [2.05, 4.69) is 0 Å². The number of hydrogen-bond acceptors (Lipinski definition) is 5. The summed E-state index contributed by atoms with van der Waals surface area (Å²) in [6.07, 6.45) is 2.15. The summed E-state index contributed by atoms with van der Waals surface area (Å²) in [5.74, 6) is 1.55. The average Bonchev–Trinajstić information content (AvgIpc) is 2.75. The highest BCUT2D eigenvalue weighted by Gasteiger charge is 2.27. The van der Waals surface area contributed by atoms with Crippen LogP contribution in [-0.2, 0) is 16.0 Å². The quantitative estimate of drug-likeness (QED) is 0.731. The molecule has 1 atom stereocenters. The van der Waals surface area contributed by atoms with Gasteiger partial charge >= 0.3 is 0 Å². The van der Waals surface area contributed by atoms with E-state index >= 15 is 0 Å². The van der Waals surface area contributed by atoms with E-state index in [1.54, 1.807) is 19.0 Å². The molecule has 2 amide bonds. The number of aryl methyl sites for hydroxylation is 2. The monoisotopic (exact) mass is 410 g/mol. The van der Waals surface area contributed by atoms with Crippen molar-refractivity contribution in [3.63, 3.8) is 0 Å². The van der Waals surface area contributed by atoms with Crippen molar-refractivity contribution in [3.05, 3.63) is 53.1 Å². The zero-order valence-corrected chi connectivity index (χ0v) is 18.2. The minimum atomic E-state index is -0.0230. The summed E-state index contributed by atoms with van der Waals surface area (Å²) in [5, 5.41) is 0. The van der Waals surface area contributed by atoms with Crippen molar-refractivity contribution < 1.29 is 14.3 Å². The van der Waals surface area contributed by atoms with Crippen molar-refractivity contribution >= 4 is 11.8 Å². The predicted octanol–water partition coefficient (Wildman–Crippen LogP) is 2.51. The number of piperidine rings is 1. The molecule has 0 saturated carbocycles. The van der Waals surface area contributed by atoms with Crippen molar-refractivity contribution in [2.75, 3.05) is 33.8 Å². The fourth-order valence-corrected chi connectivity index (χ4v) is 3.68. The van der Waals surface area contributed by atoms with E-state index in [-0.39, 0.29) is 24.3 Å². The van der Waals surface area contributed by atoms with Gasteiger partial charge in [-0.1, -0.05) is 18.2 Å². The summed E-state index contributed by atoms with van der Waals surface area (Å²) < 4.78 is 5.61. The van der Waals surface area contributed by atoms with E-state index in [0.717, 1.165) is 42.2 Å². The van der Waals surface area contributed by atoms with E-state index in [9.17, 15) is 9.59 Å². The first-order valence-electron chi connectivity index (χ1n) is 10.3. The van der Waals surface area contributed by atoms with E-state index in [1.165, 1.54) is 0 Å². The lowest BCUT2D eigenvalue weighted by atomic mass is 9.96. The van der Waals surface area contributed by atoms with Crippen LogP contribution in [0, 0.1) is 13.8 Å². The first-order chi connectivity index (χ1) is 14.3. The Morgan fingerprint density at radius 1 is 1.13 bits per heavy atom. The Kier molecular flexibility index (Phi) is 7.03. The van der Waals surface area contributed by atoms with Crippen molar-refractivity contribution in [2.45, 2.75) is 39.0 Å². The van der Waals surface area contributed by atoms with Gasteiger partial charge in [0.1, 0.15) is 11.6 Å². The number of amides is 2. The third kappa shape index (κ3) is 5.34. The third-order valence-electron chi connectivity index (χ3n) is 5.51. The molecule has 0 radical (unpaired) electrons. The van der Waals surface area contributed by atoms with Crippen molar-refractivity contribution in [1.82, 2.24) is 19.8 Å². The lowest BCUT2D eigenvalue weighted by molar-refractivity contribution is -0.134. The Hall–Kier alpha value is -2.96. The van der Waals surface area contributed by atoms with Crippen LogP contribution >= 0.6 is 0 Å². The molecular weight excluding hydrogens is 380 g/mol. The Morgan fingerprint density at radius 2 is 1.80 bits per heavy atom. The number of likely N-dealkylation sites (tertiary alicyclic amines) is 1. The molecule has 2 heterocycles. The van der Waals surface area contributed by atoms with Gasteiger partial charge in [-0.25, -0.2) is 9.97 Å². The fourth-order valence-electron chi connectivity index (χ4n) is 3.68. The molecule has 0 N–H and O–H groups in total. The predicted molar refractivity (Wildman–Crippen MR) is 114 cm³/mol. The van der Waals surface area contributed by atoms with Crippen LogP contribution in [0.25, 0.3) is 0 Å². The number of benzene rings is 1. The van der Waals surface area contributed by atoms with Crippen molar-refractivity contribution in [3.8, 4) is 5.75 Å². The number of rotatable bonds is 6. The molecule has 1 aliphatic rings. The van der Waals surface area contributed by atoms with Crippen LogP contribution in [-0.4, -0.2) is 65.4 Å². The summed E-state index contributed by atoms with van der Waals surface area (Å²) in [6, 6.07) is 9.36. The highest BCUT2D eigenvalue weighted by atomic mass is 16.5. The van der Waals surface area contributed by atoms with Crippen molar-refractivity contribution in [2.24, 2.45) is 0 Å². The lowest BCUT2D eigenvalue weighted by Gasteiger charge is -2.32. The van der Waals surface area contributed by atoms with E-state index in [1.807, 2.05) is 49.1 Å². The second-order valence-electron chi connectivity index (χ2n) is 7.98. The van der Waals surface area contributed by atoms with E-state index < -0.39 is 0 Å². The number of hydrogen-bond donors (Lipinski definition) is 0. The molecule has 2 aromatic rings. The maximum absolute atomic E-state index is 12.6. The van der Waals surface area contributed by atoms with Crippen LogP contribution in [0.15, 0.2) is 30.3 Å². The Bertz CT molecular complexity index is 876. The molecule has 1 aliphatic heterocycles. The van der Waals surface area contributed by atoms with Crippen LogP contribution in [0.5, 0.6) is 5.75 Å². The SMILES string of the molecule is Cc1nc([C@H]2CCCN(C(=O)COc3ccccc3)C2)nc(C)c1CC(=O)N(C)C. The molecule has 0 spiro atoms. The van der Waals surface area contributed by atoms with Crippen molar-refractivity contribution in [1.29, 1.82) is 0 Å². The minimum absolute atomic E-state index is 0.0230. The number of aromatic nitrogens is 2. The zero-order chi connectivity index (χ0) is 21.7. The molecule has 0 unspecified atom stereocenters. The molecule has 1 fully saturated rings. The molecule has 160 valence electrons. The normalized spacial score (nSPS) is 16.3. The molecule has 7 nitrogen and oxygen atoms in total. The van der Waals surface area contributed by atoms with E-state index in [4.69, 9.17) is 14.7 Å². The molecule has 1 saturated heterocycles. The molecule has 0 bridgehead atoms. The number of ether oxygens (including phenoxy) is 1. The van der Waals surface area contributed by atoms with Gasteiger partial charge in [0.05, 0.1) is 6.42 Å². The van der Waals surface area contributed by atoms with Gasteiger partial charge in [0, 0.05) is 50.1 Å². The Labute approximate surface area is 178 Å². The lowest BCUT2D eigenvalue weighted by Crippen LogP contribution is -2.42. The van der Waals surface area contributed by atoms with Crippen LogP contribution in [0.2, 0.25) is 0 Å². The largest absolute Gasteiger partial charge is 0.484 e. The number of nitrogens with zero attached hydrogens (tertiary/aromatic N) is 4. The number of likely N-dealkylation sites (N-methyl/N-ethyl adjacent to an activating group) is 1. The van der Waals surface area contributed by atoms with Gasteiger partial charge in [0.25, 0.3) is 5.91 Å². The first-order valence-corrected chi connectivity index (χ1v) is 10.3. The second-order valence-corrected chi connectivity index (χ2v) is 7.98. The number of para-hydroxylation sites is 1. The van der Waals surface area contributed by atoms with Crippen LogP contribution in [0.4, 0.5) is 0 Å². The van der Waals surface area contributed by atoms with Gasteiger partial charge in [-0.3, -0.25) is 9.59 Å². The fraction of sp³-hybridized carbons (Fsp3) is 0.478.